The molecule has 4 nitrogen and oxygen atoms in total. The summed E-state index contributed by atoms with van der Waals surface area (Å²) in [5.41, 5.74) is 2.56. The highest BCUT2D eigenvalue weighted by Crippen LogP contribution is 2.36. The zero-order valence-electron chi connectivity index (χ0n) is 12.5. The standard InChI is InChI=1S/C18H17BrN2O2/c19-13-5-7-14(8-6-13)21-18(22)12-3-1-11(2-4-12)17-16-9-15(23-17)10-20-16/h1-8,15-17,20H,9-10H2,(H,21,22)/t15-,16-,17+/m0/s1. The number of hydrogen-bond acceptors (Lipinski definition) is 3. The van der Waals surface area contributed by atoms with Crippen LogP contribution in [0.25, 0.3) is 0 Å². The molecule has 2 heterocycles. The van der Waals surface area contributed by atoms with Crippen molar-refractivity contribution in [1.82, 2.24) is 5.32 Å². The molecule has 2 fully saturated rings. The normalized spacial score (nSPS) is 25.5. The topological polar surface area (TPSA) is 50.4 Å². The molecule has 3 atom stereocenters. The molecule has 0 saturated carbocycles. The van der Waals surface area contributed by atoms with Gasteiger partial charge in [0.05, 0.1) is 12.2 Å². The number of morpholine rings is 1. The maximum absolute atomic E-state index is 12.3. The minimum atomic E-state index is -0.106. The summed E-state index contributed by atoms with van der Waals surface area (Å²) in [6, 6.07) is 15.6. The van der Waals surface area contributed by atoms with Crippen LogP contribution in [0, 0.1) is 0 Å². The van der Waals surface area contributed by atoms with Crippen LogP contribution < -0.4 is 10.6 Å². The van der Waals surface area contributed by atoms with Crippen LogP contribution in [-0.4, -0.2) is 24.6 Å². The van der Waals surface area contributed by atoms with Gasteiger partial charge in [-0.15, -0.1) is 0 Å². The van der Waals surface area contributed by atoms with Crippen molar-refractivity contribution in [2.75, 3.05) is 11.9 Å². The second-order valence-electron chi connectivity index (χ2n) is 6.01. The largest absolute Gasteiger partial charge is 0.367 e. The van der Waals surface area contributed by atoms with Crippen LogP contribution in [0.4, 0.5) is 5.69 Å². The van der Waals surface area contributed by atoms with Crippen molar-refractivity contribution in [2.24, 2.45) is 0 Å². The molecular weight excluding hydrogens is 356 g/mol. The number of halogens is 1. The summed E-state index contributed by atoms with van der Waals surface area (Å²) in [7, 11) is 0. The lowest BCUT2D eigenvalue weighted by molar-refractivity contribution is 0.0160. The SMILES string of the molecule is O=C(Nc1ccc(Br)cc1)c1ccc([C@H]2O[C@@H]3CN[C@H]2C3)cc1. The molecule has 2 bridgehead atoms. The maximum Gasteiger partial charge on any atom is 0.255 e. The number of anilines is 1. The van der Waals surface area contributed by atoms with Gasteiger partial charge in [0.2, 0.25) is 0 Å². The van der Waals surface area contributed by atoms with Gasteiger partial charge in [-0.3, -0.25) is 4.79 Å². The van der Waals surface area contributed by atoms with E-state index < -0.39 is 0 Å². The van der Waals surface area contributed by atoms with E-state index in [2.05, 4.69) is 26.6 Å². The number of carbonyl (C=O) groups is 1. The number of amides is 1. The first-order chi connectivity index (χ1) is 11.2. The predicted molar refractivity (Wildman–Crippen MR) is 92.6 cm³/mol. The Labute approximate surface area is 143 Å². The molecule has 118 valence electrons. The first-order valence-electron chi connectivity index (χ1n) is 7.75. The van der Waals surface area contributed by atoms with Gasteiger partial charge in [0.1, 0.15) is 0 Å². The van der Waals surface area contributed by atoms with Crippen LogP contribution in [0.15, 0.2) is 53.0 Å². The number of nitrogens with one attached hydrogen (secondary N) is 2. The van der Waals surface area contributed by atoms with E-state index in [9.17, 15) is 4.79 Å². The van der Waals surface area contributed by atoms with E-state index in [4.69, 9.17) is 4.74 Å². The molecule has 2 saturated heterocycles. The third kappa shape index (κ3) is 3.04. The first kappa shape index (κ1) is 14.9. The van der Waals surface area contributed by atoms with Crippen LogP contribution in [-0.2, 0) is 4.74 Å². The molecule has 2 aliphatic rings. The van der Waals surface area contributed by atoms with E-state index in [1.807, 2.05) is 48.5 Å². The van der Waals surface area contributed by atoms with Gasteiger partial charge in [0, 0.05) is 28.3 Å². The van der Waals surface area contributed by atoms with Crippen molar-refractivity contribution in [3.05, 3.63) is 64.1 Å². The van der Waals surface area contributed by atoms with Crippen LogP contribution in [0.2, 0.25) is 0 Å². The van der Waals surface area contributed by atoms with E-state index in [1.54, 1.807) is 0 Å². The van der Waals surface area contributed by atoms with E-state index in [1.165, 1.54) is 0 Å². The predicted octanol–water partition coefficient (Wildman–Crippen LogP) is 3.50. The Morgan fingerprint density at radius 1 is 1.13 bits per heavy atom. The van der Waals surface area contributed by atoms with Crippen molar-refractivity contribution in [3.63, 3.8) is 0 Å². The highest BCUT2D eigenvalue weighted by molar-refractivity contribution is 9.10. The third-order valence-electron chi connectivity index (χ3n) is 4.43. The molecule has 0 aromatic heterocycles. The highest BCUT2D eigenvalue weighted by Gasteiger charge is 2.41. The number of ether oxygens (including phenoxy) is 1. The number of rotatable bonds is 3. The summed E-state index contributed by atoms with van der Waals surface area (Å²) in [4.78, 5) is 12.3. The number of benzene rings is 2. The molecule has 2 N–H and O–H groups in total. The number of carbonyl (C=O) groups excluding carboxylic acids is 1. The fourth-order valence-electron chi connectivity index (χ4n) is 3.24. The summed E-state index contributed by atoms with van der Waals surface area (Å²) in [5, 5.41) is 6.37. The van der Waals surface area contributed by atoms with Gasteiger partial charge in [0.15, 0.2) is 0 Å². The molecule has 2 aliphatic heterocycles. The third-order valence-corrected chi connectivity index (χ3v) is 4.96. The molecule has 2 aromatic rings. The van der Waals surface area contributed by atoms with Gasteiger partial charge in [-0.1, -0.05) is 28.1 Å². The molecule has 23 heavy (non-hydrogen) atoms. The van der Waals surface area contributed by atoms with Gasteiger partial charge >= 0.3 is 0 Å². The minimum Gasteiger partial charge on any atom is -0.367 e. The fourth-order valence-corrected chi connectivity index (χ4v) is 3.51. The van der Waals surface area contributed by atoms with E-state index in [0.717, 1.165) is 28.7 Å². The molecular formula is C18H17BrN2O2. The van der Waals surface area contributed by atoms with Gasteiger partial charge in [0.25, 0.3) is 5.91 Å². The van der Waals surface area contributed by atoms with Gasteiger partial charge in [-0.2, -0.15) is 0 Å². The average molecular weight is 373 g/mol. The van der Waals surface area contributed by atoms with E-state index in [0.29, 0.717) is 17.7 Å². The lowest BCUT2D eigenvalue weighted by atomic mass is 10.0. The van der Waals surface area contributed by atoms with Crippen molar-refractivity contribution >= 4 is 27.5 Å². The zero-order chi connectivity index (χ0) is 15.8. The number of hydrogen-bond donors (Lipinski definition) is 2. The summed E-state index contributed by atoms with van der Waals surface area (Å²) in [5.74, 6) is -0.106. The van der Waals surface area contributed by atoms with Crippen molar-refractivity contribution < 1.29 is 9.53 Å². The Hall–Kier alpha value is -1.69. The fraction of sp³-hybridized carbons (Fsp3) is 0.278. The monoisotopic (exact) mass is 372 g/mol. The van der Waals surface area contributed by atoms with Gasteiger partial charge < -0.3 is 15.4 Å². The smallest absolute Gasteiger partial charge is 0.255 e. The molecule has 0 aliphatic carbocycles. The molecule has 0 unspecified atom stereocenters. The Morgan fingerprint density at radius 3 is 2.48 bits per heavy atom. The highest BCUT2D eigenvalue weighted by atomic mass is 79.9. The summed E-state index contributed by atoms with van der Waals surface area (Å²) in [6.45, 7) is 0.953. The van der Waals surface area contributed by atoms with Crippen LogP contribution >= 0.6 is 15.9 Å². The van der Waals surface area contributed by atoms with Crippen LogP contribution in [0.5, 0.6) is 0 Å². The Balaban J connectivity index is 1.45. The van der Waals surface area contributed by atoms with Gasteiger partial charge in [-0.25, -0.2) is 0 Å². The lowest BCUT2D eigenvalue weighted by Gasteiger charge is -2.23. The summed E-state index contributed by atoms with van der Waals surface area (Å²) >= 11 is 3.38. The summed E-state index contributed by atoms with van der Waals surface area (Å²) < 4.78 is 6.97. The Morgan fingerprint density at radius 2 is 1.87 bits per heavy atom. The molecule has 2 aromatic carbocycles. The first-order valence-corrected chi connectivity index (χ1v) is 8.54. The minimum absolute atomic E-state index is 0.106. The quantitative estimate of drug-likeness (QED) is 0.866. The Kier molecular flexibility index (Phi) is 3.93. The molecule has 5 heteroatoms. The second-order valence-corrected chi connectivity index (χ2v) is 6.93. The lowest BCUT2D eigenvalue weighted by Crippen LogP contribution is -2.34. The summed E-state index contributed by atoms with van der Waals surface area (Å²) in [6.07, 6.45) is 1.53. The van der Waals surface area contributed by atoms with Crippen LogP contribution in [0.3, 0.4) is 0 Å². The van der Waals surface area contributed by atoms with E-state index in [-0.39, 0.29) is 12.0 Å². The Bertz CT molecular complexity index is 715. The second kappa shape index (κ2) is 6.07. The average Bonchev–Trinajstić information content (AvgIpc) is 3.20. The molecule has 4 rings (SSSR count). The number of fused-ring (bicyclic) bond motifs is 2. The van der Waals surface area contributed by atoms with Gasteiger partial charge in [-0.05, 0) is 48.4 Å². The van der Waals surface area contributed by atoms with Crippen LogP contribution in [0.1, 0.15) is 28.4 Å². The van der Waals surface area contributed by atoms with Crippen molar-refractivity contribution in [3.8, 4) is 0 Å². The molecule has 0 radical (unpaired) electrons. The molecule has 1 amide bonds. The zero-order valence-corrected chi connectivity index (χ0v) is 14.0. The maximum atomic E-state index is 12.3. The molecule has 0 spiro atoms. The van der Waals surface area contributed by atoms with E-state index >= 15 is 0 Å². The van der Waals surface area contributed by atoms with Crippen molar-refractivity contribution in [1.29, 1.82) is 0 Å². The van der Waals surface area contributed by atoms with Crippen molar-refractivity contribution in [2.45, 2.75) is 24.7 Å².